The van der Waals surface area contributed by atoms with Crippen molar-refractivity contribution in [2.45, 2.75) is 12.6 Å². The van der Waals surface area contributed by atoms with Gasteiger partial charge in [0.15, 0.2) is 6.17 Å². The SMILES string of the molecule is COc1ccccc1CC(F)C(=N)N. The highest BCUT2D eigenvalue weighted by molar-refractivity contribution is 5.81. The van der Waals surface area contributed by atoms with Gasteiger partial charge in [-0.25, -0.2) is 4.39 Å². The topological polar surface area (TPSA) is 59.1 Å². The largest absolute Gasteiger partial charge is 0.496 e. The van der Waals surface area contributed by atoms with Gasteiger partial charge in [0.1, 0.15) is 11.6 Å². The Hall–Kier alpha value is -1.58. The van der Waals surface area contributed by atoms with Gasteiger partial charge < -0.3 is 10.5 Å². The first-order valence-electron chi connectivity index (χ1n) is 4.25. The molecule has 0 radical (unpaired) electrons. The molecule has 0 aliphatic heterocycles. The molecule has 4 heteroatoms. The summed E-state index contributed by atoms with van der Waals surface area (Å²) in [6, 6.07) is 7.12. The molecule has 1 aromatic rings. The number of rotatable bonds is 4. The number of hydrogen-bond donors (Lipinski definition) is 2. The maximum Gasteiger partial charge on any atom is 0.160 e. The van der Waals surface area contributed by atoms with E-state index in [0.29, 0.717) is 5.75 Å². The van der Waals surface area contributed by atoms with Gasteiger partial charge in [0, 0.05) is 6.42 Å². The number of hydrogen-bond acceptors (Lipinski definition) is 2. The van der Waals surface area contributed by atoms with Gasteiger partial charge in [0.05, 0.1) is 7.11 Å². The summed E-state index contributed by atoms with van der Waals surface area (Å²) in [6.07, 6.45) is -1.36. The van der Waals surface area contributed by atoms with Crippen LogP contribution in [0.15, 0.2) is 24.3 Å². The maximum atomic E-state index is 13.1. The number of methoxy groups -OCH3 is 1. The molecule has 0 aliphatic carbocycles. The third-order valence-corrected chi connectivity index (χ3v) is 1.93. The minimum absolute atomic E-state index is 0.0827. The van der Waals surface area contributed by atoms with Gasteiger partial charge >= 0.3 is 0 Å². The highest BCUT2D eigenvalue weighted by atomic mass is 19.1. The Morgan fingerprint density at radius 2 is 2.21 bits per heavy atom. The first-order chi connectivity index (χ1) is 6.65. The molecule has 1 rings (SSSR count). The van der Waals surface area contributed by atoms with Gasteiger partial charge in [-0.2, -0.15) is 0 Å². The molecular formula is C10H13FN2O. The van der Waals surface area contributed by atoms with Crippen LogP contribution in [0.1, 0.15) is 5.56 Å². The Morgan fingerprint density at radius 3 is 2.79 bits per heavy atom. The second-order valence-corrected chi connectivity index (χ2v) is 2.94. The maximum absolute atomic E-state index is 13.1. The van der Waals surface area contributed by atoms with Gasteiger partial charge in [-0.15, -0.1) is 0 Å². The van der Waals surface area contributed by atoms with Crippen molar-refractivity contribution >= 4 is 5.84 Å². The van der Waals surface area contributed by atoms with E-state index >= 15 is 0 Å². The summed E-state index contributed by atoms with van der Waals surface area (Å²) in [5, 5.41) is 6.94. The molecule has 1 unspecified atom stereocenters. The lowest BCUT2D eigenvalue weighted by Gasteiger charge is -2.10. The molecule has 0 saturated carbocycles. The predicted octanol–water partition coefficient (Wildman–Crippen LogP) is 1.51. The summed E-state index contributed by atoms with van der Waals surface area (Å²) in [7, 11) is 1.53. The molecule has 0 amide bonds. The molecule has 1 aromatic carbocycles. The number of nitrogens with one attached hydrogen (secondary N) is 1. The lowest BCUT2D eigenvalue weighted by molar-refractivity contribution is 0.389. The zero-order chi connectivity index (χ0) is 10.6. The molecule has 1 atom stereocenters. The van der Waals surface area contributed by atoms with Crippen molar-refractivity contribution in [1.82, 2.24) is 0 Å². The highest BCUT2D eigenvalue weighted by Crippen LogP contribution is 2.19. The van der Waals surface area contributed by atoms with Crippen molar-refractivity contribution < 1.29 is 9.13 Å². The highest BCUT2D eigenvalue weighted by Gasteiger charge is 2.13. The molecule has 0 heterocycles. The van der Waals surface area contributed by atoms with Gasteiger partial charge in [-0.05, 0) is 11.6 Å². The number of amidine groups is 1. The summed E-state index contributed by atoms with van der Waals surface area (Å²) in [5.41, 5.74) is 5.76. The van der Waals surface area contributed by atoms with Gasteiger partial charge in [-0.3, -0.25) is 5.41 Å². The molecule has 14 heavy (non-hydrogen) atoms. The third kappa shape index (κ3) is 2.45. The van der Waals surface area contributed by atoms with Crippen LogP contribution >= 0.6 is 0 Å². The summed E-state index contributed by atoms with van der Waals surface area (Å²) < 4.78 is 18.2. The van der Waals surface area contributed by atoms with Crippen molar-refractivity contribution in [1.29, 1.82) is 5.41 Å². The van der Waals surface area contributed by atoms with E-state index in [1.807, 2.05) is 6.07 Å². The zero-order valence-corrected chi connectivity index (χ0v) is 7.96. The third-order valence-electron chi connectivity index (χ3n) is 1.93. The normalized spacial score (nSPS) is 12.1. The van der Waals surface area contributed by atoms with Crippen LogP contribution in [0.4, 0.5) is 4.39 Å². The molecule has 3 nitrogen and oxygen atoms in total. The molecule has 76 valence electrons. The molecule has 0 bridgehead atoms. The lowest BCUT2D eigenvalue weighted by atomic mass is 10.1. The number of alkyl halides is 1. The van der Waals surface area contributed by atoms with Crippen LogP contribution in [-0.2, 0) is 6.42 Å². The molecule has 3 N–H and O–H groups in total. The number of halogens is 1. The summed E-state index contributed by atoms with van der Waals surface area (Å²) in [4.78, 5) is 0. The first-order valence-corrected chi connectivity index (χ1v) is 4.25. The standard InChI is InChI=1S/C10H13FN2O/c1-14-9-5-3-2-4-7(9)6-8(11)10(12)13/h2-5,8H,6H2,1H3,(H3,12,13). The van der Waals surface area contributed by atoms with Gasteiger partial charge in [-0.1, -0.05) is 18.2 Å². The molecular weight excluding hydrogens is 183 g/mol. The number of benzene rings is 1. The van der Waals surface area contributed by atoms with Crippen molar-refractivity contribution in [3.8, 4) is 5.75 Å². The lowest BCUT2D eigenvalue weighted by Crippen LogP contribution is -2.25. The minimum atomic E-state index is -1.44. The fourth-order valence-corrected chi connectivity index (χ4v) is 1.17. The van der Waals surface area contributed by atoms with E-state index in [0.717, 1.165) is 5.56 Å². The average Bonchev–Trinajstić information content (AvgIpc) is 2.18. The monoisotopic (exact) mass is 196 g/mol. The van der Waals surface area contributed by atoms with Crippen LogP contribution in [0.5, 0.6) is 5.75 Å². The molecule has 0 spiro atoms. The van der Waals surface area contributed by atoms with E-state index in [-0.39, 0.29) is 6.42 Å². The van der Waals surface area contributed by atoms with Crippen LogP contribution in [-0.4, -0.2) is 19.1 Å². The second kappa shape index (κ2) is 4.60. The van der Waals surface area contributed by atoms with Crippen LogP contribution in [0.3, 0.4) is 0 Å². The van der Waals surface area contributed by atoms with E-state index in [9.17, 15) is 4.39 Å². The summed E-state index contributed by atoms with van der Waals surface area (Å²) in [5.74, 6) is 0.173. The Balaban J connectivity index is 2.80. The Kier molecular flexibility index (Phi) is 3.45. The average molecular weight is 196 g/mol. The predicted molar refractivity (Wildman–Crippen MR) is 53.5 cm³/mol. The number of nitrogens with two attached hydrogens (primary N) is 1. The van der Waals surface area contributed by atoms with E-state index < -0.39 is 12.0 Å². The van der Waals surface area contributed by atoms with E-state index in [1.165, 1.54) is 7.11 Å². The van der Waals surface area contributed by atoms with Gasteiger partial charge in [0.2, 0.25) is 0 Å². The van der Waals surface area contributed by atoms with Crippen molar-refractivity contribution in [3.63, 3.8) is 0 Å². The molecule has 0 aliphatic rings. The van der Waals surface area contributed by atoms with E-state index in [4.69, 9.17) is 15.9 Å². The van der Waals surface area contributed by atoms with Crippen LogP contribution in [0.2, 0.25) is 0 Å². The zero-order valence-electron chi connectivity index (χ0n) is 7.96. The fourth-order valence-electron chi connectivity index (χ4n) is 1.17. The Labute approximate surface area is 82.2 Å². The van der Waals surface area contributed by atoms with Crippen LogP contribution in [0.25, 0.3) is 0 Å². The van der Waals surface area contributed by atoms with E-state index in [1.54, 1.807) is 18.2 Å². The number of para-hydroxylation sites is 1. The summed E-state index contributed by atoms with van der Waals surface area (Å²) >= 11 is 0. The molecule has 0 aromatic heterocycles. The Morgan fingerprint density at radius 1 is 1.57 bits per heavy atom. The Bertz CT molecular complexity index is 328. The number of ether oxygens (including phenoxy) is 1. The molecule has 0 fully saturated rings. The smallest absolute Gasteiger partial charge is 0.160 e. The van der Waals surface area contributed by atoms with Crippen molar-refractivity contribution in [2.24, 2.45) is 5.73 Å². The van der Waals surface area contributed by atoms with Crippen LogP contribution < -0.4 is 10.5 Å². The van der Waals surface area contributed by atoms with E-state index in [2.05, 4.69) is 0 Å². The molecule has 0 saturated heterocycles. The van der Waals surface area contributed by atoms with Crippen molar-refractivity contribution in [3.05, 3.63) is 29.8 Å². The van der Waals surface area contributed by atoms with Crippen molar-refractivity contribution in [2.75, 3.05) is 7.11 Å². The second-order valence-electron chi connectivity index (χ2n) is 2.94. The van der Waals surface area contributed by atoms with Gasteiger partial charge in [0.25, 0.3) is 0 Å². The first kappa shape index (κ1) is 10.5. The minimum Gasteiger partial charge on any atom is -0.496 e. The fraction of sp³-hybridized carbons (Fsp3) is 0.300. The summed E-state index contributed by atoms with van der Waals surface area (Å²) in [6.45, 7) is 0. The quantitative estimate of drug-likeness (QED) is 0.566. The van der Waals surface area contributed by atoms with Crippen LogP contribution in [0, 0.1) is 5.41 Å².